The molecule has 2 aromatic heterocycles. The molecule has 0 N–H and O–H groups in total. The highest BCUT2D eigenvalue weighted by Crippen LogP contribution is 2.24. The van der Waals surface area contributed by atoms with E-state index in [9.17, 15) is 9.59 Å². The maximum absolute atomic E-state index is 12.9. The second kappa shape index (κ2) is 7.43. The van der Waals surface area contributed by atoms with Crippen LogP contribution in [0.5, 0.6) is 0 Å². The van der Waals surface area contributed by atoms with E-state index < -0.39 is 0 Å². The number of amides is 1. The van der Waals surface area contributed by atoms with Gasteiger partial charge in [0.15, 0.2) is 5.65 Å². The number of aromatic nitrogens is 3. The van der Waals surface area contributed by atoms with Gasteiger partial charge in [-0.15, -0.1) is 0 Å². The SMILES string of the molecule is CCOC(=O)C1CCN(C(=O)c2cc3cnn(C(C)C)c3nc2C)CC1. The van der Waals surface area contributed by atoms with Crippen molar-refractivity contribution in [3.8, 4) is 0 Å². The molecule has 0 unspecified atom stereocenters. The van der Waals surface area contributed by atoms with Crippen LogP contribution in [-0.4, -0.2) is 51.2 Å². The minimum absolute atomic E-state index is 0.0310. The number of nitrogens with zero attached hydrogens (tertiary/aromatic N) is 4. The molecule has 2 aromatic rings. The molecule has 0 saturated carbocycles. The summed E-state index contributed by atoms with van der Waals surface area (Å²) in [6.45, 7) is 9.29. The lowest BCUT2D eigenvalue weighted by Gasteiger charge is -2.31. The van der Waals surface area contributed by atoms with Gasteiger partial charge in [0.2, 0.25) is 0 Å². The van der Waals surface area contributed by atoms with E-state index in [1.54, 1.807) is 11.1 Å². The number of ether oxygens (including phenoxy) is 1. The van der Waals surface area contributed by atoms with Crippen LogP contribution in [0.2, 0.25) is 0 Å². The van der Waals surface area contributed by atoms with Gasteiger partial charge in [0.1, 0.15) is 0 Å². The molecular formula is C19H26N4O3. The van der Waals surface area contributed by atoms with Crippen LogP contribution in [0.15, 0.2) is 12.3 Å². The predicted octanol–water partition coefficient (Wildman–Crippen LogP) is 2.74. The number of piperidine rings is 1. The molecule has 1 fully saturated rings. The van der Waals surface area contributed by atoms with Crippen molar-refractivity contribution in [3.05, 3.63) is 23.5 Å². The number of pyridine rings is 1. The highest BCUT2D eigenvalue weighted by molar-refractivity contribution is 5.98. The van der Waals surface area contributed by atoms with Crippen molar-refractivity contribution in [3.63, 3.8) is 0 Å². The number of hydrogen-bond donors (Lipinski definition) is 0. The molecule has 0 radical (unpaired) electrons. The second-order valence-electron chi connectivity index (χ2n) is 7.04. The van der Waals surface area contributed by atoms with Gasteiger partial charge in [-0.25, -0.2) is 9.67 Å². The molecule has 0 spiro atoms. The number of aryl methyl sites for hydroxylation is 1. The van der Waals surface area contributed by atoms with Gasteiger partial charge in [0.25, 0.3) is 5.91 Å². The zero-order valence-corrected chi connectivity index (χ0v) is 15.9. The number of likely N-dealkylation sites (tertiary alicyclic amines) is 1. The van der Waals surface area contributed by atoms with Crippen LogP contribution in [0.1, 0.15) is 55.7 Å². The first-order valence-electron chi connectivity index (χ1n) is 9.23. The highest BCUT2D eigenvalue weighted by atomic mass is 16.5. The smallest absolute Gasteiger partial charge is 0.309 e. The summed E-state index contributed by atoms with van der Waals surface area (Å²) >= 11 is 0. The van der Waals surface area contributed by atoms with Crippen LogP contribution in [0.4, 0.5) is 0 Å². The molecule has 3 rings (SSSR count). The first-order valence-corrected chi connectivity index (χ1v) is 9.23. The van der Waals surface area contributed by atoms with Crippen molar-refractivity contribution in [2.75, 3.05) is 19.7 Å². The van der Waals surface area contributed by atoms with E-state index in [0.29, 0.717) is 43.8 Å². The van der Waals surface area contributed by atoms with Crippen molar-refractivity contribution in [2.24, 2.45) is 5.92 Å². The third kappa shape index (κ3) is 3.43. The largest absolute Gasteiger partial charge is 0.466 e. The van der Waals surface area contributed by atoms with Crippen LogP contribution in [0, 0.1) is 12.8 Å². The lowest BCUT2D eigenvalue weighted by molar-refractivity contribution is -0.149. The fourth-order valence-electron chi connectivity index (χ4n) is 3.41. The highest BCUT2D eigenvalue weighted by Gasteiger charge is 2.29. The Kier molecular flexibility index (Phi) is 5.25. The summed E-state index contributed by atoms with van der Waals surface area (Å²) < 4.78 is 6.95. The standard InChI is InChI=1S/C19H26N4O3/c1-5-26-19(25)14-6-8-22(9-7-14)18(24)16-10-15-11-20-23(12(2)3)17(15)21-13(16)4/h10-12,14H,5-9H2,1-4H3. The molecule has 140 valence electrons. The minimum Gasteiger partial charge on any atom is -0.466 e. The van der Waals surface area contributed by atoms with E-state index in [1.165, 1.54) is 0 Å². The Morgan fingerprint density at radius 1 is 1.31 bits per heavy atom. The van der Waals surface area contributed by atoms with Gasteiger partial charge in [0, 0.05) is 24.5 Å². The Morgan fingerprint density at radius 3 is 2.62 bits per heavy atom. The monoisotopic (exact) mass is 358 g/mol. The maximum atomic E-state index is 12.9. The number of carbonyl (C=O) groups is 2. The van der Waals surface area contributed by atoms with Crippen molar-refractivity contribution in [1.82, 2.24) is 19.7 Å². The first kappa shape index (κ1) is 18.4. The number of esters is 1. The third-order valence-electron chi connectivity index (χ3n) is 4.88. The van der Waals surface area contributed by atoms with Gasteiger partial charge in [-0.05, 0) is 46.6 Å². The maximum Gasteiger partial charge on any atom is 0.309 e. The Morgan fingerprint density at radius 2 is 2.00 bits per heavy atom. The first-order chi connectivity index (χ1) is 12.4. The van der Waals surface area contributed by atoms with E-state index in [0.717, 1.165) is 11.0 Å². The summed E-state index contributed by atoms with van der Waals surface area (Å²) in [5, 5.41) is 5.24. The molecule has 0 aliphatic carbocycles. The summed E-state index contributed by atoms with van der Waals surface area (Å²) in [6.07, 6.45) is 3.04. The normalized spacial score (nSPS) is 15.7. The number of hydrogen-bond acceptors (Lipinski definition) is 5. The lowest BCUT2D eigenvalue weighted by atomic mass is 9.96. The average Bonchev–Trinajstić information content (AvgIpc) is 3.03. The fraction of sp³-hybridized carbons (Fsp3) is 0.579. The summed E-state index contributed by atoms with van der Waals surface area (Å²) in [6, 6.07) is 2.09. The summed E-state index contributed by atoms with van der Waals surface area (Å²) in [7, 11) is 0. The van der Waals surface area contributed by atoms with Gasteiger partial charge in [-0.2, -0.15) is 5.10 Å². The van der Waals surface area contributed by atoms with E-state index in [2.05, 4.69) is 23.9 Å². The molecule has 1 amide bonds. The zero-order chi connectivity index (χ0) is 18.8. The Bertz CT molecular complexity index is 820. The molecule has 26 heavy (non-hydrogen) atoms. The molecule has 1 aliphatic heterocycles. The summed E-state index contributed by atoms with van der Waals surface area (Å²) in [5.74, 6) is -0.290. The fourth-order valence-corrected chi connectivity index (χ4v) is 3.41. The topological polar surface area (TPSA) is 77.3 Å². The van der Waals surface area contributed by atoms with Crippen LogP contribution < -0.4 is 0 Å². The van der Waals surface area contributed by atoms with Gasteiger partial charge >= 0.3 is 5.97 Å². The number of fused-ring (bicyclic) bond motifs is 1. The van der Waals surface area contributed by atoms with Gasteiger partial charge in [-0.3, -0.25) is 9.59 Å². The molecule has 0 atom stereocenters. The average molecular weight is 358 g/mol. The number of carbonyl (C=O) groups excluding carboxylic acids is 2. The van der Waals surface area contributed by atoms with Crippen LogP contribution >= 0.6 is 0 Å². The predicted molar refractivity (Wildman–Crippen MR) is 97.9 cm³/mol. The van der Waals surface area contributed by atoms with E-state index in [4.69, 9.17) is 4.74 Å². The molecular weight excluding hydrogens is 332 g/mol. The molecule has 7 heteroatoms. The van der Waals surface area contributed by atoms with E-state index >= 15 is 0 Å². The molecule has 1 aliphatic rings. The van der Waals surface area contributed by atoms with Crippen LogP contribution in [-0.2, 0) is 9.53 Å². The third-order valence-corrected chi connectivity index (χ3v) is 4.88. The molecule has 1 saturated heterocycles. The van der Waals surface area contributed by atoms with Crippen molar-refractivity contribution in [2.45, 2.75) is 46.6 Å². The quantitative estimate of drug-likeness (QED) is 0.786. The molecule has 0 bridgehead atoms. The van der Waals surface area contributed by atoms with Crippen LogP contribution in [0.25, 0.3) is 11.0 Å². The van der Waals surface area contributed by atoms with E-state index in [-0.39, 0.29) is 23.8 Å². The molecule has 3 heterocycles. The summed E-state index contributed by atoms with van der Waals surface area (Å²) in [4.78, 5) is 31.2. The summed E-state index contributed by atoms with van der Waals surface area (Å²) in [5.41, 5.74) is 2.11. The molecule has 7 nitrogen and oxygen atoms in total. The number of rotatable bonds is 4. The van der Waals surface area contributed by atoms with Crippen LogP contribution in [0.3, 0.4) is 0 Å². The van der Waals surface area contributed by atoms with Gasteiger partial charge in [-0.1, -0.05) is 0 Å². The van der Waals surface area contributed by atoms with Crippen molar-refractivity contribution >= 4 is 22.9 Å². The Labute approximate surface area is 153 Å². The minimum atomic E-state index is -0.153. The van der Waals surface area contributed by atoms with E-state index in [1.807, 2.05) is 24.6 Å². The molecule has 0 aromatic carbocycles. The Balaban J connectivity index is 1.76. The zero-order valence-electron chi connectivity index (χ0n) is 15.9. The van der Waals surface area contributed by atoms with Crippen molar-refractivity contribution < 1.29 is 14.3 Å². The van der Waals surface area contributed by atoms with Gasteiger partial charge < -0.3 is 9.64 Å². The lowest BCUT2D eigenvalue weighted by Crippen LogP contribution is -2.41. The van der Waals surface area contributed by atoms with Gasteiger partial charge in [0.05, 0.1) is 30.0 Å². The van der Waals surface area contributed by atoms with Crippen molar-refractivity contribution in [1.29, 1.82) is 0 Å². The second-order valence-corrected chi connectivity index (χ2v) is 7.04. The Hall–Kier alpha value is -2.44.